The number of fused-ring (bicyclic) bond motifs is 1. The Kier molecular flexibility index (Phi) is 6.02. The molecule has 0 atom stereocenters. The van der Waals surface area contributed by atoms with Crippen LogP contribution in [0.3, 0.4) is 0 Å². The minimum absolute atomic E-state index is 0.0799. The number of benzene rings is 2. The van der Waals surface area contributed by atoms with Crippen molar-refractivity contribution in [2.75, 3.05) is 13.7 Å². The lowest BCUT2D eigenvalue weighted by atomic mass is 10.1. The number of carbonyl (C=O) groups is 3. The molecule has 8 heteroatoms. The molecule has 32 heavy (non-hydrogen) atoms. The molecule has 1 aliphatic heterocycles. The highest BCUT2D eigenvalue weighted by molar-refractivity contribution is 6.21. The number of methoxy groups -OCH3 is 1. The Balaban J connectivity index is 1.43. The van der Waals surface area contributed by atoms with Crippen molar-refractivity contribution in [1.29, 1.82) is 0 Å². The number of imidazole rings is 1. The Labute approximate surface area is 185 Å². The van der Waals surface area contributed by atoms with Gasteiger partial charge < -0.3 is 14.6 Å². The topological polar surface area (TPSA) is 93.5 Å². The van der Waals surface area contributed by atoms with Crippen LogP contribution in [0.1, 0.15) is 48.9 Å². The lowest BCUT2D eigenvalue weighted by Gasteiger charge is -2.16. The van der Waals surface area contributed by atoms with Gasteiger partial charge in [-0.15, -0.1) is 0 Å². The van der Waals surface area contributed by atoms with Gasteiger partial charge in [0.1, 0.15) is 11.6 Å². The molecule has 2 aromatic carbocycles. The maximum Gasteiger partial charge on any atom is 0.261 e. The van der Waals surface area contributed by atoms with Gasteiger partial charge in [-0.1, -0.05) is 18.2 Å². The summed E-state index contributed by atoms with van der Waals surface area (Å²) in [5, 5.41) is 2.91. The Morgan fingerprint density at radius 1 is 1.09 bits per heavy atom. The monoisotopic (exact) mass is 432 g/mol. The Bertz CT molecular complexity index is 1150. The molecule has 8 nitrogen and oxygen atoms in total. The van der Waals surface area contributed by atoms with Gasteiger partial charge in [0.15, 0.2) is 0 Å². The lowest BCUT2D eigenvalue weighted by Crippen LogP contribution is -2.29. The number of carbonyl (C=O) groups excluding carboxylic acids is 3. The van der Waals surface area contributed by atoms with Crippen molar-refractivity contribution in [2.24, 2.45) is 0 Å². The SMILES string of the molecule is COc1ccc(CN2C(=O)c3ccccc3C2=O)cc1C(=O)NCCCn1ccnc1C. The molecule has 1 aliphatic rings. The summed E-state index contributed by atoms with van der Waals surface area (Å²) in [6, 6.07) is 11.9. The second kappa shape index (κ2) is 9.05. The third-order valence-corrected chi connectivity index (χ3v) is 5.51. The third kappa shape index (κ3) is 4.12. The molecule has 0 saturated carbocycles. The first kappa shape index (κ1) is 21.3. The Morgan fingerprint density at radius 2 is 1.81 bits per heavy atom. The van der Waals surface area contributed by atoms with E-state index in [2.05, 4.69) is 10.3 Å². The molecule has 0 fully saturated rings. The smallest absolute Gasteiger partial charge is 0.261 e. The van der Waals surface area contributed by atoms with Gasteiger partial charge >= 0.3 is 0 Å². The third-order valence-electron chi connectivity index (χ3n) is 5.51. The first-order valence-electron chi connectivity index (χ1n) is 10.4. The largest absolute Gasteiger partial charge is 0.496 e. The summed E-state index contributed by atoms with van der Waals surface area (Å²) in [4.78, 5) is 43.5. The van der Waals surface area contributed by atoms with E-state index in [1.165, 1.54) is 12.0 Å². The minimum Gasteiger partial charge on any atom is -0.496 e. The maximum absolute atomic E-state index is 12.8. The number of hydrogen-bond acceptors (Lipinski definition) is 5. The summed E-state index contributed by atoms with van der Waals surface area (Å²) in [6.07, 6.45) is 4.40. The fourth-order valence-corrected chi connectivity index (χ4v) is 3.78. The predicted molar refractivity (Wildman–Crippen MR) is 118 cm³/mol. The number of amides is 3. The number of aryl methyl sites for hydroxylation is 2. The van der Waals surface area contributed by atoms with E-state index >= 15 is 0 Å². The van der Waals surface area contributed by atoms with E-state index in [4.69, 9.17) is 4.74 Å². The standard InChI is InChI=1S/C24H24N4O4/c1-16-25-11-13-27(16)12-5-10-26-22(29)20-14-17(8-9-21(20)32-2)15-28-23(30)18-6-3-4-7-19(18)24(28)31/h3-4,6-9,11,13-14H,5,10,12,15H2,1-2H3,(H,26,29). The molecule has 0 spiro atoms. The van der Waals surface area contributed by atoms with Gasteiger partial charge in [-0.25, -0.2) is 4.98 Å². The molecule has 0 bridgehead atoms. The Hall–Kier alpha value is -3.94. The molecule has 0 radical (unpaired) electrons. The first-order chi connectivity index (χ1) is 15.5. The zero-order valence-electron chi connectivity index (χ0n) is 18.0. The van der Waals surface area contributed by atoms with E-state index in [9.17, 15) is 14.4 Å². The highest BCUT2D eigenvalue weighted by atomic mass is 16.5. The highest BCUT2D eigenvalue weighted by Crippen LogP contribution is 2.26. The number of aromatic nitrogens is 2. The van der Waals surface area contributed by atoms with Gasteiger partial charge in [-0.05, 0) is 43.2 Å². The van der Waals surface area contributed by atoms with E-state index in [0.717, 1.165) is 18.8 Å². The number of ether oxygens (including phenoxy) is 1. The number of nitrogens with one attached hydrogen (secondary N) is 1. The van der Waals surface area contributed by atoms with Crippen LogP contribution in [0.2, 0.25) is 0 Å². The van der Waals surface area contributed by atoms with Crippen molar-refractivity contribution >= 4 is 17.7 Å². The van der Waals surface area contributed by atoms with Crippen molar-refractivity contribution in [2.45, 2.75) is 26.4 Å². The molecule has 4 rings (SSSR count). The summed E-state index contributed by atoms with van der Waals surface area (Å²) < 4.78 is 7.37. The fraction of sp³-hybridized carbons (Fsp3) is 0.250. The second-order valence-corrected chi connectivity index (χ2v) is 7.55. The van der Waals surface area contributed by atoms with Gasteiger partial charge in [0.2, 0.25) is 0 Å². The van der Waals surface area contributed by atoms with Crippen LogP contribution in [0.4, 0.5) is 0 Å². The summed E-state index contributed by atoms with van der Waals surface area (Å²) in [6.45, 7) is 3.26. The molecule has 0 saturated heterocycles. The molecule has 0 unspecified atom stereocenters. The van der Waals surface area contributed by atoms with Gasteiger partial charge in [0.05, 0.1) is 30.3 Å². The van der Waals surface area contributed by atoms with Crippen molar-refractivity contribution < 1.29 is 19.1 Å². The van der Waals surface area contributed by atoms with Crippen LogP contribution in [0.15, 0.2) is 54.9 Å². The minimum atomic E-state index is -0.331. The second-order valence-electron chi connectivity index (χ2n) is 7.55. The molecule has 1 N–H and O–H groups in total. The zero-order valence-corrected chi connectivity index (χ0v) is 18.0. The zero-order chi connectivity index (χ0) is 22.7. The van der Waals surface area contributed by atoms with Crippen molar-refractivity contribution in [1.82, 2.24) is 19.8 Å². The molecule has 3 amide bonds. The van der Waals surface area contributed by atoms with E-state index in [0.29, 0.717) is 34.5 Å². The molecular weight excluding hydrogens is 408 g/mol. The van der Waals surface area contributed by atoms with Crippen LogP contribution in [0, 0.1) is 6.92 Å². The summed E-state index contributed by atoms with van der Waals surface area (Å²) >= 11 is 0. The van der Waals surface area contributed by atoms with Crippen LogP contribution in [-0.4, -0.2) is 45.8 Å². The van der Waals surface area contributed by atoms with Crippen LogP contribution >= 0.6 is 0 Å². The summed E-state index contributed by atoms with van der Waals surface area (Å²) in [5.41, 5.74) is 1.83. The van der Waals surface area contributed by atoms with Crippen LogP contribution < -0.4 is 10.1 Å². The maximum atomic E-state index is 12.8. The van der Waals surface area contributed by atoms with Crippen LogP contribution in [-0.2, 0) is 13.1 Å². The molecule has 3 aromatic rings. The van der Waals surface area contributed by atoms with E-state index in [1.54, 1.807) is 48.7 Å². The van der Waals surface area contributed by atoms with Gasteiger partial charge in [0, 0.05) is 25.5 Å². The van der Waals surface area contributed by atoms with Gasteiger partial charge in [-0.3, -0.25) is 19.3 Å². The van der Waals surface area contributed by atoms with E-state index < -0.39 is 0 Å². The van der Waals surface area contributed by atoms with E-state index in [-0.39, 0.29) is 24.3 Å². The number of rotatable bonds is 8. The normalized spacial score (nSPS) is 12.8. The summed E-state index contributed by atoms with van der Waals surface area (Å²) in [7, 11) is 1.50. The summed E-state index contributed by atoms with van der Waals surface area (Å²) in [5.74, 6) is 0.427. The molecule has 164 valence electrons. The van der Waals surface area contributed by atoms with Crippen molar-refractivity contribution in [3.63, 3.8) is 0 Å². The fourth-order valence-electron chi connectivity index (χ4n) is 3.78. The number of nitrogens with zero attached hydrogens (tertiary/aromatic N) is 3. The molecule has 1 aromatic heterocycles. The average Bonchev–Trinajstić information content (AvgIpc) is 3.32. The van der Waals surface area contributed by atoms with Gasteiger partial charge in [-0.2, -0.15) is 0 Å². The molecule has 0 aliphatic carbocycles. The van der Waals surface area contributed by atoms with E-state index in [1.807, 2.05) is 17.7 Å². The Morgan fingerprint density at radius 3 is 2.44 bits per heavy atom. The van der Waals surface area contributed by atoms with Crippen LogP contribution in [0.25, 0.3) is 0 Å². The number of imide groups is 1. The van der Waals surface area contributed by atoms with Crippen molar-refractivity contribution in [3.05, 3.63) is 82.9 Å². The van der Waals surface area contributed by atoms with Crippen LogP contribution in [0.5, 0.6) is 5.75 Å². The number of hydrogen-bond donors (Lipinski definition) is 1. The molecule has 2 heterocycles. The lowest BCUT2D eigenvalue weighted by molar-refractivity contribution is 0.0642. The molecular formula is C24H24N4O4. The van der Waals surface area contributed by atoms with Crippen molar-refractivity contribution in [3.8, 4) is 5.75 Å². The average molecular weight is 432 g/mol. The highest BCUT2D eigenvalue weighted by Gasteiger charge is 2.35. The van der Waals surface area contributed by atoms with Gasteiger partial charge in [0.25, 0.3) is 17.7 Å². The first-order valence-corrected chi connectivity index (χ1v) is 10.4. The predicted octanol–water partition coefficient (Wildman–Crippen LogP) is 2.82. The quantitative estimate of drug-likeness (QED) is 0.436.